The second-order valence-corrected chi connectivity index (χ2v) is 13.1. The number of hydrogen-bond acceptors (Lipinski definition) is 11. The summed E-state index contributed by atoms with van der Waals surface area (Å²) in [6.07, 6.45) is -0.0104. The number of carbonyl (C=O) groups is 3. The molecule has 1 saturated heterocycles. The standard InChI is InChI=1S/C24H26N4O7S3/c1-4-38(33,34)15-6-12(2)5-13(8-15)7-14-10-36-22-16(21(30)28(22)20(14)23(31)32)9-18(29)19(27-35-3)17-11-37-24(25)26-17/h5-6,8,11,16,22H,4,7,9-10H2,1-3H3,(H2,25,26)(H,31,32)/b27-19-/t16-,22-/m1/s1. The van der Waals surface area contributed by atoms with Crippen molar-refractivity contribution < 1.29 is 32.7 Å². The van der Waals surface area contributed by atoms with Crippen LogP contribution in [0.15, 0.2) is 44.9 Å². The SMILES string of the molecule is CCS(=O)(=O)c1cc(C)cc(CC2=C(C(=O)O)N3C(=O)[C@@H](CC(=O)/C(=N\OC)c4csc(N)n4)[C@H]3SC2)c1. The summed E-state index contributed by atoms with van der Waals surface area (Å²) >= 11 is 2.50. The number of oxime groups is 1. The number of aryl methyl sites for hydroxylation is 1. The number of rotatable bonds is 10. The normalized spacial score (nSPS) is 19.7. The molecule has 2 atom stereocenters. The number of nitrogen functional groups attached to an aromatic ring is 1. The maximum absolute atomic E-state index is 13.1. The maximum Gasteiger partial charge on any atom is 0.352 e. The van der Waals surface area contributed by atoms with E-state index in [0.717, 1.165) is 16.9 Å². The van der Waals surface area contributed by atoms with Gasteiger partial charge in [-0.1, -0.05) is 18.1 Å². The summed E-state index contributed by atoms with van der Waals surface area (Å²) in [4.78, 5) is 48.6. The largest absolute Gasteiger partial charge is 0.477 e. The maximum atomic E-state index is 13.1. The van der Waals surface area contributed by atoms with Crippen LogP contribution < -0.4 is 5.73 Å². The van der Waals surface area contributed by atoms with E-state index in [4.69, 9.17) is 10.6 Å². The van der Waals surface area contributed by atoms with Gasteiger partial charge in [-0.3, -0.25) is 14.5 Å². The van der Waals surface area contributed by atoms with Gasteiger partial charge in [-0.2, -0.15) is 0 Å². The first kappa shape index (κ1) is 27.8. The number of amides is 1. The molecule has 0 aliphatic carbocycles. The molecular formula is C24H26N4O7S3. The van der Waals surface area contributed by atoms with Crippen LogP contribution in [0.3, 0.4) is 0 Å². The number of nitrogens with zero attached hydrogens (tertiary/aromatic N) is 3. The fourth-order valence-electron chi connectivity index (χ4n) is 4.50. The van der Waals surface area contributed by atoms with E-state index in [9.17, 15) is 27.9 Å². The van der Waals surface area contributed by atoms with Crippen LogP contribution in [0.4, 0.5) is 5.13 Å². The van der Waals surface area contributed by atoms with Crippen LogP contribution in [0.5, 0.6) is 0 Å². The fraction of sp³-hybridized carbons (Fsp3) is 0.375. The third-order valence-corrected chi connectivity index (χ3v) is 10.0. The number of thioether (sulfide) groups is 1. The Labute approximate surface area is 227 Å². The lowest BCUT2D eigenvalue weighted by Crippen LogP contribution is -2.62. The summed E-state index contributed by atoms with van der Waals surface area (Å²) in [6, 6.07) is 4.94. The molecular weight excluding hydrogens is 552 g/mol. The van der Waals surface area contributed by atoms with Gasteiger partial charge in [0.2, 0.25) is 5.91 Å². The van der Waals surface area contributed by atoms with Crippen LogP contribution >= 0.6 is 23.1 Å². The van der Waals surface area contributed by atoms with Crippen LogP contribution in [0, 0.1) is 12.8 Å². The van der Waals surface area contributed by atoms with E-state index in [1.54, 1.807) is 37.4 Å². The van der Waals surface area contributed by atoms with E-state index < -0.39 is 38.8 Å². The van der Waals surface area contributed by atoms with Gasteiger partial charge in [-0.15, -0.1) is 23.1 Å². The lowest BCUT2D eigenvalue weighted by molar-refractivity contribution is -0.153. The zero-order chi connectivity index (χ0) is 27.8. The number of carboxylic acid groups (broad SMARTS) is 1. The topological polar surface area (TPSA) is 169 Å². The van der Waals surface area contributed by atoms with Crippen molar-refractivity contribution >= 4 is 61.4 Å². The zero-order valence-electron chi connectivity index (χ0n) is 20.8. The second-order valence-electron chi connectivity index (χ2n) is 8.83. The minimum atomic E-state index is -3.44. The quantitative estimate of drug-likeness (QED) is 0.242. The average Bonchev–Trinajstić information content (AvgIpc) is 3.30. The van der Waals surface area contributed by atoms with E-state index in [1.165, 1.54) is 23.8 Å². The van der Waals surface area contributed by atoms with Gasteiger partial charge in [0, 0.05) is 17.6 Å². The van der Waals surface area contributed by atoms with E-state index in [1.807, 2.05) is 0 Å². The molecule has 1 aromatic carbocycles. The monoisotopic (exact) mass is 578 g/mol. The van der Waals surface area contributed by atoms with Crippen LogP contribution in [0.1, 0.15) is 30.2 Å². The van der Waals surface area contributed by atoms with E-state index >= 15 is 0 Å². The van der Waals surface area contributed by atoms with Gasteiger partial charge in [-0.25, -0.2) is 18.2 Å². The minimum Gasteiger partial charge on any atom is -0.477 e. The van der Waals surface area contributed by atoms with Crippen molar-refractivity contribution in [2.24, 2.45) is 11.1 Å². The second kappa shape index (κ2) is 10.9. The van der Waals surface area contributed by atoms with Gasteiger partial charge < -0.3 is 15.7 Å². The molecule has 1 fully saturated rings. The Hall–Kier alpha value is -3.23. The summed E-state index contributed by atoms with van der Waals surface area (Å²) in [5.74, 6) is -2.67. The smallest absolute Gasteiger partial charge is 0.352 e. The highest BCUT2D eigenvalue weighted by Gasteiger charge is 2.54. The molecule has 4 rings (SSSR count). The van der Waals surface area contributed by atoms with Crippen LogP contribution in [-0.2, 0) is 35.5 Å². The summed E-state index contributed by atoms with van der Waals surface area (Å²) < 4.78 is 24.8. The highest BCUT2D eigenvalue weighted by Crippen LogP contribution is 2.46. The molecule has 0 bridgehead atoms. The first-order valence-corrected chi connectivity index (χ1v) is 15.1. The number of thiazole rings is 1. The number of carbonyl (C=O) groups excluding carboxylic acids is 2. The Balaban J connectivity index is 1.57. The number of aromatic nitrogens is 1. The molecule has 1 aromatic heterocycles. The molecule has 202 valence electrons. The molecule has 2 aliphatic rings. The lowest BCUT2D eigenvalue weighted by Gasteiger charge is -2.49. The molecule has 38 heavy (non-hydrogen) atoms. The third-order valence-electron chi connectivity index (χ3n) is 6.24. The molecule has 3 N–H and O–H groups in total. The number of β-lactam (4-membered cyclic amide) rings is 1. The van der Waals surface area contributed by atoms with Gasteiger partial charge in [-0.05, 0) is 42.2 Å². The molecule has 1 amide bonds. The number of ketones is 1. The van der Waals surface area contributed by atoms with Gasteiger partial charge in [0.1, 0.15) is 18.5 Å². The molecule has 3 heterocycles. The van der Waals surface area contributed by atoms with Crippen molar-refractivity contribution in [1.82, 2.24) is 9.88 Å². The molecule has 0 saturated carbocycles. The van der Waals surface area contributed by atoms with Crippen molar-refractivity contribution in [2.75, 3.05) is 24.3 Å². The predicted octanol–water partition coefficient (Wildman–Crippen LogP) is 2.25. The van der Waals surface area contributed by atoms with Gasteiger partial charge in [0.15, 0.2) is 26.5 Å². The number of benzene rings is 1. The molecule has 14 heteroatoms. The summed E-state index contributed by atoms with van der Waals surface area (Å²) in [7, 11) is -2.16. The van der Waals surface area contributed by atoms with Crippen molar-refractivity contribution in [1.29, 1.82) is 0 Å². The molecule has 0 spiro atoms. The Bertz CT molecular complexity index is 1480. The number of anilines is 1. The van der Waals surface area contributed by atoms with Crippen LogP contribution in [0.25, 0.3) is 0 Å². The zero-order valence-corrected chi connectivity index (χ0v) is 23.3. The molecule has 2 aliphatic heterocycles. The van der Waals surface area contributed by atoms with E-state index in [2.05, 4.69) is 10.1 Å². The number of sulfone groups is 1. The van der Waals surface area contributed by atoms with Crippen molar-refractivity contribution in [3.05, 3.63) is 51.7 Å². The highest BCUT2D eigenvalue weighted by atomic mass is 32.2. The molecule has 0 radical (unpaired) electrons. The number of fused-ring (bicyclic) bond motifs is 1. The third kappa shape index (κ3) is 5.33. The number of aliphatic carboxylic acids is 1. The molecule has 0 unspecified atom stereocenters. The Morgan fingerprint density at radius 3 is 2.66 bits per heavy atom. The lowest BCUT2D eigenvalue weighted by atomic mass is 9.88. The number of hydrogen-bond donors (Lipinski definition) is 2. The van der Waals surface area contributed by atoms with Crippen LogP contribution in [0.2, 0.25) is 0 Å². The Morgan fingerprint density at radius 2 is 2.05 bits per heavy atom. The van der Waals surface area contributed by atoms with Crippen molar-refractivity contribution in [3.8, 4) is 0 Å². The molecule has 11 nitrogen and oxygen atoms in total. The number of nitrogens with two attached hydrogens (primary N) is 1. The van der Waals surface area contributed by atoms with Crippen molar-refractivity contribution in [3.63, 3.8) is 0 Å². The molecule has 2 aromatic rings. The van der Waals surface area contributed by atoms with Crippen molar-refractivity contribution in [2.45, 2.75) is 37.0 Å². The number of Topliss-reactive ketones (excluding diaryl/α,β-unsaturated/α-hetero) is 1. The van der Waals surface area contributed by atoms with Gasteiger partial charge in [0.05, 0.1) is 21.9 Å². The summed E-state index contributed by atoms with van der Waals surface area (Å²) in [5, 5.41) is 15.1. The first-order valence-electron chi connectivity index (χ1n) is 11.6. The Morgan fingerprint density at radius 1 is 1.32 bits per heavy atom. The van der Waals surface area contributed by atoms with Gasteiger partial charge in [0.25, 0.3) is 0 Å². The minimum absolute atomic E-state index is 0.0501. The predicted molar refractivity (Wildman–Crippen MR) is 144 cm³/mol. The first-order chi connectivity index (χ1) is 18.0. The number of carboxylic acids is 1. The highest BCUT2D eigenvalue weighted by molar-refractivity contribution is 8.00. The summed E-state index contributed by atoms with van der Waals surface area (Å²) in [6.45, 7) is 3.34. The Kier molecular flexibility index (Phi) is 7.95. The van der Waals surface area contributed by atoms with E-state index in [-0.39, 0.29) is 45.7 Å². The fourth-order valence-corrected chi connectivity index (χ4v) is 7.49. The average molecular weight is 579 g/mol. The van der Waals surface area contributed by atoms with Crippen LogP contribution in [-0.4, -0.2) is 70.8 Å². The van der Waals surface area contributed by atoms with Gasteiger partial charge >= 0.3 is 5.97 Å². The van der Waals surface area contributed by atoms with E-state index in [0.29, 0.717) is 16.9 Å². The summed E-state index contributed by atoms with van der Waals surface area (Å²) in [5.41, 5.74) is 7.62.